The van der Waals surface area contributed by atoms with Crippen molar-refractivity contribution < 1.29 is 50.4 Å². The van der Waals surface area contributed by atoms with E-state index in [4.69, 9.17) is 0 Å². The molecule has 0 aromatic heterocycles. The summed E-state index contributed by atoms with van der Waals surface area (Å²) in [6.45, 7) is 0.371. The van der Waals surface area contributed by atoms with Crippen LogP contribution < -0.4 is 14.7 Å². The molecule has 40 heavy (non-hydrogen) atoms. The number of phosphoric acid groups is 1. The molecule has 3 N–H and O–H groups in total. The lowest BCUT2D eigenvalue weighted by atomic mass is 9.98. The van der Waals surface area contributed by atoms with Gasteiger partial charge in [0, 0.05) is 49.0 Å². The molecule has 4 rings (SSSR count). The maximum atomic E-state index is 14.8. The quantitative estimate of drug-likeness (QED) is 0.268. The number of amides is 3. The lowest BCUT2D eigenvalue weighted by molar-refractivity contribution is 0.0950. The maximum absolute atomic E-state index is 14.8. The van der Waals surface area contributed by atoms with Crippen LogP contribution in [0.2, 0.25) is 0 Å². The van der Waals surface area contributed by atoms with E-state index in [1.807, 2.05) is 0 Å². The van der Waals surface area contributed by atoms with Crippen molar-refractivity contribution >= 4 is 25.4 Å². The average molecular weight is 585 g/mol. The van der Waals surface area contributed by atoms with E-state index in [0.717, 1.165) is 4.90 Å². The van der Waals surface area contributed by atoms with Crippen molar-refractivity contribution in [1.29, 1.82) is 0 Å². The summed E-state index contributed by atoms with van der Waals surface area (Å²) >= 11 is 0. The van der Waals surface area contributed by atoms with Gasteiger partial charge in [-0.05, 0) is 24.6 Å². The predicted molar refractivity (Wildman–Crippen MR) is 131 cm³/mol. The Morgan fingerprint density at radius 3 is 2.15 bits per heavy atom. The van der Waals surface area contributed by atoms with Crippen LogP contribution in [0.15, 0.2) is 42.5 Å². The molecule has 0 unspecified atom stereocenters. The number of carbonyl (C=O) groups is 2. The lowest BCUT2D eigenvalue weighted by Crippen LogP contribution is -2.46. The molecule has 1 aliphatic rings. The van der Waals surface area contributed by atoms with Crippen LogP contribution in [0.1, 0.15) is 40.0 Å². The first-order valence-electron chi connectivity index (χ1n) is 11.5. The Kier molecular flexibility index (Phi) is 7.88. The molecule has 3 amide bonds. The molecule has 0 fully saturated rings. The van der Waals surface area contributed by atoms with Crippen LogP contribution in [0.4, 0.5) is 32.4 Å². The fraction of sp³-hybridized carbons (Fsp3) is 0.200. The average Bonchev–Trinajstić information content (AvgIpc) is 2.84. The van der Waals surface area contributed by atoms with Gasteiger partial charge in [0.05, 0.1) is 23.8 Å². The molecule has 0 radical (unpaired) electrons. The van der Waals surface area contributed by atoms with E-state index in [1.54, 1.807) is 6.92 Å². The van der Waals surface area contributed by atoms with Crippen molar-refractivity contribution in [2.45, 2.75) is 26.1 Å². The standard InChI is InChI=1S/C25H21F5N3O6P/c1-12-16-4-3-13(24(34)31-10-17-19(28)6-14(26)7-20(17)29)5-22(16)33(25(35)32(12)2)11-18-21(30)8-15(27)9-23(18)39-40(36,37)38/h3-9,12H,10-11H2,1-2H3,(H,31,34)(H2,36,37,38)/t12-/m0/s1. The monoisotopic (exact) mass is 585 g/mol. The molecule has 0 saturated heterocycles. The molecule has 15 heteroatoms. The van der Waals surface area contributed by atoms with Crippen LogP contribution in [0.3, 0.4) is 0 Å². The Morgan fingerprint density at radius 1 is 0.975 bits per heavy atom. The van der Waals surface area contributed by atoms with E-state index in [0.29, 0.717) is 29.8 Å². The SMILES string of the molecule is C[C@H]1c2ccc(C(=O)NCc3c(F)cc(F)cc3F)cc2N(Cc2c(F)cc(F)cc2OP(=O)(O)O)C(=O)N1C. The van der Waals surface area contributed by atoms with Gasteiger partial charge in [0.25, 0.3) is 5.91 Å². The first kappa shape index (κ1) is 29.0. The van der Waals surface area contributed by atoms with Crippen LogP contribution in [0.5, 0.6) is 5.75 Å². The number of rotatable bonds is 7. The minimum Gasteiger partial charge on any atom is -0.404 e. The largest absolute Gasteiger partial charge is 0.524 e. The van der Waals surface area contributed by atoms with Crippen LogP contribution in [-0.4, -0.2) is 33.7 Å². The van der Waals surface area contributed by atoms with Gasteiger partial charge in [0.15, 0.2) is 0 Å². The van der Waals surface area contributed by atoms with Crippen molar-refractivity contribution in [3.8, 4) is 5.75 Å². The van der Waals surface area contributed by atoms with E-state index in [2.05, 4.69) is 9.84 Å². The molecular formula is C25H21F5N3O6P. The van der Waals surface area contributed by atoms with Crippen molar-refractivity contribution in [2.75, 3.05) is 11.9 Å². The van der Waals surface area contributed by atoms with Gasteiger partial charge in [-0.15, -0.1) is 0 Å². The fourth-order valence-electron chi connectivity index (χ4n) is 4.21. The number of phosphoric ester groups is 1. The van der Waals surface area contributed by atoms with Crippen molar-refractivity contribution in [3.63, 3.8) is 0 Å². The summed E-state index contributed by atoms with van der Waals surface area (Å²) < 4.78 is 85.6. The summed E-state index contributed by atoms with van der Waals surface area (Å²) in [5, 5.41) is 2.31. The number of fused-ring (bicyclic) bond motifs is 1. The lowest BCUT2D eigenvalue weighted by Gasteiger charge is -2.40. The second kappa shape index (κ2) is 10.9. The van der Waals surface area contributed by atoms with Crippen molar-refractivity contribution in [1.82, 2.24) is 10.2 Å². The van der Waals surface area contributed by atoms with E-state index in [1.165, 1.54) is 30.1 Å². The van der Waals surface area contributed by atoms with Gasteiger partial charge in [0.1, 0.15) is 34.8 Å². The molecule has 9 nitrogen and oxygen atoms in total. The summed E-state index contributed by atoms with van der Waals surface area (Å²) in [7, 11) is -3.80. The Hall–Kier alpha value is -4.00. The predicted octanol–water partition coefficient (Wildman–Crippen LogP) is 4.92. The molecule has 3 aromatic rings. The number of carbonyl (C=O) groups excluding carboxylic acids is 2. The van der Waals surface area contributed by atoms with E-state index in [-0.39, 0.29) is 11.3 Å². The zero-order valence-corrected chi connectivity index (χ0v) is 21.7. The number of anilines is 1. The molecule has 0 aliphatic carbocycles. The summed E-state index contributed by atoms with van der Waals surface area (Å²) in [5.41, 5.74) is -0.599. The van der Waals surface area contributed by atoms with Crippen molar-refractivity contribution in [2.24, 2.45) is 0 Å². The third-order valence-corrected chi connectivity index (χ3v) is 6.77. The normalized spacial score (nSPS) is 15.2. The minimum atomic E-state index is -5.25. The molecule has 1 aliphatic heterocycles. The molecule has 212 valence electrons. The third kappa shape index (κ3) is 5.93. The fourth-order valence-corrected chi connectivity index (χ4v) is 4.62. The molecule has 3 aromatic carbocycles. The molecule has 1 atom stereocenters. The number of hydrogen-bond donors (Lipinski definition) is 3. The molecule has 0 spiro atoms. The van der Waals surface area contributed by atoms with Crippen LogP contribution in [0, 0.1) is 29.1 Å². The van der Waals surface area contributed by atoms with Gasteiger partial charge < -0.3 is 14.7 Å². The second-order valence-corrected chi connectivity index (χ2v) is 10.1. The van der Waals surface area contributed by atoms with E-state index < -0.39 is 84.9 Å². The highest BCUT2D eigenvalue weighted by molar-refractivity contribution is 7.46. The van der Waals surface area contributed by atoms with Gasteiger partial charge in [0.2, 0.25) is 0 Å². The highest BCUT2D eigenvalue weighted by atomic mass is 31.2. The van der Waals surface area contributed by atoms with Crippen LogP contribution in [0.25, 0.3) is 0 Å². The first-order valence-corrected chi connectivity index (χ1v) is 13.0. The zero-order chi connectivity index (χ0) is 29.5. The van der Waals surface area contributed by atoms with Gasteiger partial charge in [-0.2, -0.15) is 0 Å². The number of nitrogens with one attached hydrogen (secondary N) is 1. The summed E-state index contributed by atoms with van der Waals surface area (Å²) in [5.74, 6) is -7.62. The number of urea groups is 1. The van der Waals surface area contributed by atoms with Crippen molar-refractivity contribution in [3.05, 3.63) is 93.8 Å². The topological polar surface area (TPSA) is 119 Å². The number of hydrogen-bond acceptors (Lipinski definition) is 4. The summed E-state index contributed by atoms with van der Waals surface area (Å²) in [4.78, 5) is 46.7. The van der Waals surface area contributed by atoms with Gasteiger partial charge in [-0.25, -0.2) is 31.3 Å². The number of nitrogens with zero attached hydrogens (tertiary/aromatic N) is 2. The summed E-state index contributed by atoms with van der Waals surface area (Å²) in [6, 6.07) is 4.84. The van der Waals surface area contributed by atoms with Gasteiger partial charge in [-0.3, -0.25) is 19.5 Å². The summed E-state index contributed by atoms with van der Waals surface area (Å²) in [6.07, 6.45) is 0. The Bertz CT molecular complexity index is 1540. The third-order valence-electron chi connectivity index (χ3n) is 6.33. The van der Waals surface area contributed by atoms with Crippen LogP contribution in [-0.2, 0) is 17.7 Å². The Balaban J connectivity index is 1.70. The Morgan fingerprint density at radius 2 is 1.55 bits per heavy atom. The van der Waals surface area contributed by atoms with E-state index in [9.17, 15) is 45.9 Å². The zero-order valence-electron chi connectivity index (χ0n) is 20.8. The Labute approximate surface area is 224 Å². The number of halogens is 5. The molecule has 1 heterocycles. The molecule has 0 saturated carbocycles. The molecular weight excluding hydrogens is 564 g/mol. The minimum absolute atomic E-state index is 0.0671. The van der Waals surface area contributed by atoms with E-state index >= 15 is 0 Å². The van der Waals surface area contributed by atoms with Gasteiger partial charge >= 0.3 is 13.9 Å². The molecule has 0 bridgehead atoms. The highest BCUT2D eigenvalue weighted by Gasteiger charge is 2.35. The maximum Gasteiger partial charge on any atom is 0.524 e. The first-order chi connectivity index (χ1) is 18.7. The van der Waals surface area contributed by atoms with Crippen LogP contribution >= 0.6 is 7.82 Å². The smallest absolute Gasteiger partial charge is 0.404 e. The van der Waals surface area contributed by atoms with Gasteiger partial charge in [-0.1, -0.05) is 6.07 Å². The number of benzene rings is 3. The second-order valence-electron chi connectivity index (χ2n) is 8.91. The highest BCUT2D eigenvalue weighted by Crippen LogP contribution is 2.42.